The zero-order valence-corrected chi connectivity index (χ0v) is 14.7. The van der Waals surface area contributed by atoms with Gasteiger partial charge in [-0.3, -0.25) is 4.79 Å². The van der Waals surface area contributed by atoms with Crippen LogP contribution in [0.5, 0.6) is 0 Å². The molecular formula is C14H16BrIO3. The van der Waals surface area contributed by atoms with Crippen LogP contribution in [0.3, 0.4) is 0 Å². The summed E-state index contributed by atoms with van der Waals surface area (Å²) in [7, 11) is 1.59. The third-order valence-corrected chi connectivity index (χ3v) is 6.17. The number of carbonyl (C=O) groups excluding carboxylic acids is 1. The number of Topliss-reactive ketones (excluding diaryl/α,β-unsaturated/α-hetero) is 1. The predicted octanol–water partition coefficient (Wildman–Crippen LogP) is 3.22. The van der Waals surface area contributed by atoms with Crippen molar-refractivity contribution >= 4 is 44.3 Å². The van der Waals surface area contributed by atoms with Gasteiger partial charge in [0.1, 0.15) is 12.9 Å². The molecule has 0 aliphatic heterocycles. The first-order valence-corrected chi connectivity index (χ1v) is 8.57. The summed E-state index contributed by atoms with van der Waals surface area (Å²) >= 11 is 5.72. The molecule has 3 nitrogen and oxygen atoms in total. The van der Waals surface area contributed by atoms with Crippen LogP contribution in [0.1, 0.15) is 13.3 Å². The number of ketones is 1. The fraction of sp³-hybridized carbons (Fsp3) is 0.643. The molecule has 0 aromatic heterocycles. The molecule has 0 amide bonds. The highest BCUT2D eigenvalue weighted by Gasteiger charge is 2.65. The van der Waals surface area contributed by atoms with Crippen molar-refractivity contribution in [2.45, 2.75) is 19.4 Å². The Bertz CT molecular complexity index is 499. The van der Waals surface area contributed by atoms with Crippen LogP contribution in [0.15, 0.2) is 20.8 Å². The summed E-state index contributed by atoms with van der Waals surface area (Å²) in [5.74, 6) is 1.30. The predicted molar refractivity (Wildman–Crippen MR) is 84.4 cm³/mol. The molecule has 0 heterocycles. The van der Waals surface area contributed by atoms with Gasteiger partial charge in [0.15, 0.2) is 5.78 Å². The fourth-order valence-electron chi connectivity index (χ4n) is 3.72. The van der Waals surface area contributed by atoms with E-state index in [4.69, 9.17) is 9.47 Å². The molecule has 0 spiro atoms. The normalized spacial score (nSPS) is 40.1. The molecule has 0 radical (unpaired) electrons. The second-order valence-electron chi connectivity index (χ2n) is 5.61. The molecule has 4 atom stereocenters. The Hall–Kier alpha value is 0.280. The molecule has 0 aromatic rings. The van der Waals surface area contributed by atoms with Crippen LogP contribution in [0, 0.1) is 17.3 Å². The Balaban J connectivity index is 2.05. The monoisotopic (exact) mass is 438 g/mol. The van der Waals surface area contributed by atoms with Crippen molar-refractivity contribution in [2.24, 2.45) is 17.3 Å². The van der Waals surface area contributed by atoms with E-state index in [1.165, 1.54) is 17.6 Å². The molecule has 0 saturated heterocycles. The van der Waals surface area contributed by atoms with Gasteiger partial charge in [-0.25, -0.2) is 0 Å². The molecule has 0 bridgehead atoms. The molecule has 0 N–H and O–H groups in total. The molecule has 104 valence electrons. The van der Waals surface area contributed by atoms with Gasteiger partial charge in [0, 0.05) is 17.9 Å². The maximum absolute atomic E-state index is 12.4. The summed E-state index contributed by atoms with van der Waals surface area (Å²) in [6, 6.07) is 0. The highest BCUT2D eigenvalue weighted by Crippen LogP contribution is 2.68. The average Bonchev–Trinajstić information content (AvgIpc) is 3.13. The van der Waals surface area contributed by atoms with Crippen LogP contribution in [0.4, 0.5) is 0 Å². The van der Waals surface area contributed by atoms with Crippen LogP contribution in [-0.2, 0) is 14.3 Å². The first-order chi connectivity index (χ1) is 9.05. The van der Waals surface area contributed by atoms with Gasteiger partial charge < -0.3 is 9.47 Å². The summed E-state index contributed by atoms with van der Waals surface area (Å²) < 4.78 is 11.5. The largest absolute Gasteiger partial charge is 0.359 e. The number of hydrogen-bond donors (Lipinski definition) is 0. The first kappa shape index (κ1) is 14.2. The van der Waals surface area contributed by atoms with Gasteiger partial charge in [-0.05, 0) is 52.5 Å². The van der Waals surface area contributed by atoms with E-state index >= 15 is 0 Å². The van der Waals surface area contributed by atoms with Crippen molar-refractivity contribution in [3.8, 4) is 0 Å². The average molecular weight is 439 g/mol. The third kappa shape index (κ3) is 1.92. The lowest BCUT2D eigenvalue weighted by Crippen LogP contribution is -2.45. The number of ether oxygens (including phenoxy) is 2. The fourth-order valence-corrected chi connectivity index (χ4v) is 5.04. The Labute approximate surface area is 135 Å². The number of hydrogen-bond acceptors (Lipinski definition) is 3. The van der Waals surface area contributed by atoms with E-state index in [0.29, 0.717) is 11.8 Å². The minimum atomic E-state index is -0.397. The number of alkyl halides is 1. The lowest BCUT2D eigenvalue weighted by atomic mass is 9.70. The zero-order chi connectivity index (χ0) is 13.8. The van der Waals surface area contributed by atoms with Gasteiger partial charge in [0.25, 0.3) is 0 Å². The van der Waals surface area contributed by atoms with Gasteiger partial charge in [-0.15, -0.1) is 0 Å². The van der Waals surface area contributed by atoms with Crippen LogP contribution in [-0.4, -0.2) is 31.1 Å². The van der Waals surface area contributed by atoms with Crippen molar-refractivity contribution < 1.29 is 14.3 Å². The van der Waals surface area contributed by atoms with Crippen molar-refractivity contribution in [1.29, 1.82) is 0 Å². The first-order valence-electron chi connectivity index (χ1n) is 6.37. The number of rotatable bonds is 4. The van der Waals surface area contributed by atoms with Crippen LogP contribution >= 0.6 is 38.5 Å². The molecule has 3 aliphatic carbocycles. The molecule has 5 heteroatoms. The smallest absolute Gasteiger partial charge is 0.198 e. The van der Waals surface area contributed by atoms with E-state index in [1.54, 1.807) is 7.11 Å². The van der Waals surface area contributed by atoms with Crippen molar-refractivity contribution in [2.75, 3.05) is 19.2 Å². The van der Waals surface area contributed by atoms with E-state index in [9.17, 15) is 4.79 Å². The second-order valence-corrected chi connectivity index (χ2v) is 7.34. The Morgan fingerprint density at radius 2 is 2.32 bits per heavy atom. The molecule has 0 unspecified atom stereocenters. The van der Waals surface area contributed by atoms with Crippen LogP contribution in [0.2, 0.25) is 0 Å². The number of fused-ring (bicyclic) bond motifs is 3. The molecule has 3 rings (SSSR count). The molecule has 0 aromatic carbocycles. The standard InChI is InChI=1S/C14H16BrIO3/c1-14-9-3-7(9)8(5-15)10(14)4-11(16)12(17)13(14)19-6-18-2/h4,7,9,13H,3,5-6H2,1-2H3/t7-,9-,13+,14+/m1/s1. The number of methoxy groups -OCH3 is 1. The third-order valence-electron chi connectivity index (χ3n) is 4.72. The van der Waals surface area contributed by atoms with Crippen molar-refractivity contribution in [3.63, 3.8) is 0 Å². The summed E-state index contributed by atoms with van der Waals surface area (Å²) in [6.07, 6.45) is 2.86. The topological polar surface area (TPSA) is 35.5 Å². The number of carbonyl (C=O) groups is 1. The zero-order valence-electron chi connectivity index (χ0n) is 10.9. The maximum Gasteiger partial charge on any atom is 0.198 e. The van der Waals surface area contributed by atoms with E-state index in [0.717, 1.165) is 8.91 Å². The lowest BCUT2D eigenvalue weighted by molar-refractivity contribution is -0.148. The quantitative estimate of drug-likeness (QED) is 0.384. The minimum absolute atomic E-state index is 0.102. The second kappa shape index (κ2) is 4.93. The summed E-state index contributed by atoms with van der Waals surface area (Å²) in [4.78, 5) is 12.4. The van der Waals surface area contributed by atoms with E-state index in [1.807, 2.05) is 0 Å². The number of halogens is 2. The molecule has 1 saturated carbocycles. The van der Waals surface area contributed by atoms with Gasteiger partial charge in [-0.2, -0.15) is 0 Å². The molecular weight excluding hydrogens is 423 g/mol. The Kier molecular flexibility index (Phi) is 3.69. The minimum Gasteiger partial charge on any atom is -0.359 e. The summed E-state index contributed by atoms with van der Waals surface area (Å²) in [5.41, 5.74) is 2.61. The van der Waals surface area contributed by atoms with Gasteiger partial charge in [0.05, 0.1) is 3.58 Å². The van der Waals surface area contributed by atoms with Crippen molar-refractivity contribution in [3.05, 3.63) is 20.8 Å². The van der Waals surface area contributed by atoms with Crippen LogP contribution in [0.25, 0.3) is 0 Å². The maximum atomic E-state index is 12.4. The Morgan fingerprint density at radius 3 is 2.95 bits per heavy atom. The van der Waals surface area contributed by atoms with Crippen LogP contribution < -0.4 is 0 Å². The highest BCUT2D eigenvalue weighted by atomic mass is 127. The summed E-state index contributed by atoms with van der Waals surface area (Å²) in [5, 5.41) is 0.894. The highest BCUT2D eigenvalue weighted by molar-refractivity contribution is 14.1. The van der Waals surface area contributed by atoms with E-state index < -0.39 is 6.10 Å². The van der Waals surface area contributed by atoms with Gasteiger partial charge >= 0.3 is 0 Å². The molecule has 19 heavy (non-hydrogen) atoms. The Morgan fingerprint density at radius 1 is 1.58 bits per heavy atom. The van der Waals surface area contributed by atoms with Crippen molar-refractivity contribution in [1.82, 2.24) is 0 Å². The summed E-state index contributed by atoms with van der Waals surface area (Å²) in [6.45, 7) is 2.35. The van der Waals surface area contributed by atoms with E-state index in [-0.39, 0.29) is 18.0 Å². The number of allylic oxidation sites excluding steroid dienone is 2. The SMILES string of the molecule is COCO[C@H]1C(=O)C(I)=CC2=C(CBr)[C@H]3C[C@H]3[C@@]21C. The van der Waals surface area contributed by atoms with E-state index in [2.05, 4.69) is 51.5 Å². The van der Waals surface area contributed by atoms with Gasteiger partial charge in [0.2, 0.25) is 0 Å². The molecule has 1 fully saturated rings. The molecule has 3 aliphatic rings. The lowest BCUT2D eigenvalue weighted by Gasteiger charge is -2.39. The van der Waals surface area contributed by atoms with Gasteiger partial charge in [-0.1, -0.05) is 28.4 Å².